The molecule has 1 aliphatic heterocycles. The number of rotatable bonds is 6. The molecule has 3 aliphatic rings. The normalized spacial score (nSPS) is 28.1. The zero-order valence-electron chi connectivity index (χ0n) is 19.9. The van der Waals surface area contributed by atoms with Crippen LogP contribution in [0.4, 0.5) is 0 Å². The van der Waals surface area contributed by atoms with Crippen molar-refractivity contribution >= 4 is 28.9 Å². The Labute approximate surface area is 205 Å². The molecule has 0 aromatic carbocycles. The Morgan fingerprint density at radius 1 is 1.24 bits per heavy atom. The third kappa shape index (κ3) is 4.33. The van der Waals surface area contributed by atoms with Gasteiger partial charge in [0, 0.05) is 12.0 Å². The van der Waals surface area contributed by atoms with Crippen molar-refractivity contribution in [3.05, 3.63) is 29.2 Å². The second-order valence-electron chi connectivity index (χ2n) is 9.47. The number of hydrogen-bond acceptors (Lipinski definition) is 8. The smallest absolute Gasteiger partial charge is 0.263 e. The first-order chi connectivity index (χ1) is 16.3. The first-order valence-corrected chi connectivity index (χ1v) is 12.4. The number of nitrogens with two attached hydrogens (primary N) is 1. The van der Waals surface area contributed by atoms with Crippen LogP contribution >= 0.6 is 11.6 Å². The number of carbonyl (C=O) groups is 2. The summed E-state index contributed by atoms with van der Waals surface area (Å²) in [5, 5.41) is 0.0420. The van der Waals surface area contributed by atoms with Crippen LogP contribution in [0.3, 0.4) is 0 Å². The minimum Gasteiger partial charge on any atom is -0.489 e. The molecule has 0 bridgehead atoms. The summed E-state index contributed by atoms with van der Waals surface area (Å²) in [7, 11) is 3.51. The highest BCUT2D eigenvalue weighted by atomic mass is 35.5. The van der Waals surface area contributed by atoms with Crippen molar-refractivity contribution < 1.29 is 19.1 Å². The number of ketones is 2. The van der Waals surface area contributed by atoms with E-state index in [-0.39, 0.29) is 52.0 Å². The molecule has 0 radical (unpaired) electrons. The lowest BCUT2D eigenvalue weighted by Crippen LogP contribution is -2.45. The van der Waals surface area contributed by atoms with E-state index in [1.165, 1.54) is 7.11 Å². The number of Topliss-reactive ketones (excluding diaryl/α,β-unsaturated/α-hetero) is 2. The zero-order chi connectivity index (χ0) is 24.5. The fourth-order valence-corrected chi connectivity index (χ4v) is 5.85. The molecule has 0 unspecified atom stereocenters. The molecule has 2 aliphatic carbocycles. The maximum Gasteiger partial charge on any atom is 0.263 e. The van der Waals surface area contributed by atoms with Gasteiger partial charge in [-0.3, -0.25) is 14.5 Å². The molecule has 9 heteroatoms. The minimum atomic E-state index is -0.951. The van der Waals surface area contributed by atoms with Crippen molar-refractivity contribution in [2.24, 2.45) is 11.1 Å². The molecule has 1 aromatic rings. The summed E-state index contributed by atoms with van der Waals surface area (Å²) in [6, 6.07) is 0.146. The second-order valence-corrected chi connectivity index (χ2v) is 9.83. The standard InChI is InChI=1S/C25H33ClN4O4/c1-4-17(16-10-8-14-30(16)2)34-24-20(33-3)22(26)28-23(29-24)19(27)15-9-7-13-25(21(15)32)12-6-5-11-18(25)31/h4,16-17H,1,5-14,27H2,2-3H3/b19-15-/t16-,17-,25+/m0/s1. The Morgan fingerprint density at radius 2 is 2.00 bits per heavy atom. The van der Waals surface area contributed by atoms with Crippen LogP contribution in [0, 0.1) is 5.41 Å². The number of likely N-dealkylation sites (N-methyl/N-ethyl adjacent to an activating group) is 1. The van der Waals surface area contributed by atoms with Gasteiger partial charge in [-0.05, 0) is 64.6 Å². The summed E-state index contributed by atoms with van der Waals surface area (Å²) in [5.74, 6) is 0.297. The molecule has 8 nitrogen and oxygen atoms in total. The first kappa shape index (κ1) is 24.7. The predicted molar refractivity (Wildman–Crippen MR) is 130 cm³/mol. The van der Waals surface area contributed by atoms with Gasteiger partial charge in [0.15, 0.2) is 16.8 Å². The van der Waals surface area contributed by atoms with E-state index >= 15 is 0 Å². The quantitative estimate of drug-likeness (QED) is 0.279. The number of methoxy groups -OCH3 is 1. The van der Waals surface area contributed by atoms with E-state index in [0.29, 0.717) is 37.7 Å². The highest BCUT2D eigenvalue weighted by Gasteiger charge is 2.49. The summed E-state index contributed by atoms with van der Waals surface area (Å²) >= 11 is 6.42. The summed E-state index contributed by atoms with van der Waals surface area (Å²) in [6.45, 7) is 4.91. The van der Waals surface area contributed by atoms with Crippen LogP contribution in [0.25, 0.3) is 5.70 Å². The number of nitrogens with zero attached hydrogens (tertiary/aromatic N) is 3. The van der Waals surface area contributed by atoms with E-state index in [0.717, 1.165) is 32.2 Å². The Bertz CT molecular complexity index is 1020. The van der Waals surface area contributed by atoms with Gasteiger partial charge in [0.25, 0.3) is 5.88 Å². The van der Waals surface area contributed by atoms with Crippen LogP contribution in [0.1, 0.15) is 63.6 Å². The van der Waals surface area contributed by atoms with Crippen molar-refractivity contribution in [3.8, 4) is 11.6 Å². The molecule has 1 aromatic heterocycles. The maximum atomic E-state index is 13.5. The Balaban J connectivity index is 1.71. The third-order valence-corrected chi connectivity index (χ3v) is 7.79. The highest BCUT2D eigenvalue weighted by molar-refractivity contribution is 6.31. The largest absolute Gasteiger partial charge is 0.489 e. The van der Waals surface area contributed by atoms with Crippen LogP contribution in [0.15, 0.2) is 18.2 Å². The van der Waals surface area contributed by atoms with Crippen LogP contribution < -0.4 is 15.2 Å². The fourth-order valence-electron chi connectivity index (χ4n) is 5.61. The summed E-state index contributed by atoms with van der Waals surface area (Å²) in [4.78, 5) is 37.4. The van der Waals surface area contributed by atoms with E-state index < -0.39 is 5.41 Å². The van der Waals surface area contributed by atoms with Gasteiger partial charge in [-0.1, -0.05) is 24.6 Å². The third-order valence-electron chi connectivity index (χ3n) is 7.53. The average Bonchev–Trinajstić information content (AvgIpc) is 3.25. The SMILES string of the molecule is C=C[C@H](Oc1nc(/C(N)=C2\CCC[C@@]3(CCCCC3=O)C2=O)nc(Cl)c1OC)[C@@H]1CCCN1C. The summed E-state index contributed by atoms with van der Waals surface area (Å²) < 4.78 is 11.6. The molecule has 0 amide bonds. The molecular weight excluding hydrogens is 456 g/mol. The lowest BCUT2D eigenvalue weighted by molar-refractivity contribution is -0.143. The van der Waals surface area contributed by atoms with E-state index in [4.69, 9.17) is 26.8 Å². The molecule has 2 saturated carbocycles. The molecule has 184 valence electrons. The van der Waals surface area contributed by atoms with Crippen molar-refractivity contribution in [3.63, 3.8) is 0 Å². The van der Waals surface area contributed by atoms with E-state index in [9.17, 15) is 9.59 Å². The predicted octanol–water partition coefficient (Wildman–Crippen LogP) is 3.72. The van der Waals surface area contributed by atoms with Crippen molar-refractivity contribution in [1.82, 2.24) is 14.9 Å². The number of aromatic nitrogens is 2. The monoisotopic (exact) mass is 488 g/mol. The lowest BCUT2D eigenvalue weighted by atomic mass is 9.62. The topological polar surface area (TPSA) is 108 Å². The maximum absolute atomic E-state index is 13.5. The summed E-state index contributed by atoms with van der Waals surface area (Å²) in [6.07, 6.45) is 7.94. The molecule has 2 N–H and O–H groups in total. The highest BCUT2D eigenvalue weighted by Crippen LogP contribution is 2.46. The zero-order valence-corrected chi connectivity index (χ0v) is 20.7. The average molecular weight is 489 g/mol. The fraction of sp³-hybridized carbons (Fsp3) is 0.600. The van der Waals surface area contributed by atoms with Gasteiger partial charge in [-0.2, -0.15) is 4.98 Å². The van der Waals surface area contributed by atoms with Crippen LogP contribution in [-0.2, 0) is 9.59 Å². The molecule has 1 spiro atoms. The summed E-state index contributed by atoms with van der Waals surface area (Å²) in [5.41, 5.74) is 6.07. The van der Waals surface area contributed by atoms with Gasteiger partial charge in [-0.15, -0.1) is 0 Å². The molecule has 3 fully saturated rings. The Kier molecular flexibility index (Phi) is 7.28. The number of halogens is 1. The number of hydrogen-bond donors (Lipinski definition) is 1. The molecule has 34 heavy (non-hydrogen) atoms. The van der Waals surface area contributed by atoms with Gasteiger partial charge in [0.2, 0.25) is 5.75 Å². The van der Waals surface area contributed by atoms with Crippen molar-refractivity contribution in [2.75, 3.05) is 20.7 Å². The first-order valence-electron chi connectivity index (χ1n) is 12.0. The van der Waals surface area contributed by atoms with E-state index in [1.807, 2.05) is 7.05 Å². The van der Waals surface area contributed by atoms with Gasteiger partial charge >= 0.3 is 0 Å². The van der Waals surface area contributed by atoms with E-state index in [1.54, 1.807) is 6.08 Å². The van der Waals surface area contributed by atoms with Gasteiger partial charge in [-0.25, -0.2) is 4.98 Å². The molecule has 2 heterocycles. The van der Waals surface area contributed by atoms with Crippen molar-refractivity contribution in [1.29, 1.82) is 0 Å². The van der Waals surface area contributed by atoms with Gasteiger partial charge in [0.1, 0.15) is 11.9 Å². The van der Waals surface area contributed by atoms with E-state index in [2.05, 4.69) is 21.4 Å². The second kappa shape index (κ2) is 10.0. The molecule has 3 atom stereocenters. The molecular formula is C25H33ClN4O4. The van der Waals surface area contributed by atoms with Crippen LogP contribution in [-0.4, -0.2) is 59.3 Å². The lowest BCUT2D eigenvalue weighted by Gasteiger charge is -2.38. The number of likely N-dealkylation sites (tertiary alicyclic amines) is 1. The molecule has 4 rings (SSSR count). The molecule has 1 saturated heterocycles. The Morgan fingerprint density at radius 3 is 2.65 bits per heavy atom. The van der Waals surface area contributed by atoms with Crippen molar-refractivity contribution in [2.45, 2.75) is 69.9 Å². The Hall–Kier alpha value is -2.45. The number of ether oxygens (including phenoxy) is 2. The van der Waals surface area contributed by atoms with Gasteiger partial charge in [0.05, 0.1) is 24.3 Å². The van der Waals surface area contributed by atoms with Gasteiger partial charge < -0.3 is 15.2 Å². The van der Waals surface area contributed by atoms with Crippen LogP contribution in [0.5, 0.6) is 11.6 Å². The van der Waals surface area contributed by atoms with Crippen LogP contribution in [0.2, 0.25) is 5.15 Å². The number of carbonyl (C=O) groups excluding carboxylic acids is 2. The number of allylic oxidation sites excluding steroid dienone is 1. The minimum absolute atomic E-state index is 0.0287.